The summed E-state index contributed by atoms with van der Waals surface area (Å²) in [6, 6.07) is 0.686. The van der Waals surface area contributed by atoms with Gasteiger partial charge in [-0.05, 0) is 43.7 Å². The number of aliphatic hydroxyl groups excluding tert-OH is 1. The Balaban J connectivity index is 3.20. The van der Waals surface area contributed by atoms with Crippen molar-refractivity contribution in [2.24, 2.45) is 5.92 Å². The van der Waals surface area contributed by atoms with Gasteiger partial charge in [-0.1, -0.05) is 13.8 Å². The van der Waals surface area contributed by atoms with Gasteiger partial charge in [0.05, 0.1) is 0 Å². The SMILES string of the molecule is CCC(CCCSCC(C)CO)NC. The molecule has 0 aliphatic heterocycles. The van der Waals surface area contributed by atoms with Crippen LogP contribution < -0.4 is 5.32 Å². The van der Waals surface area contributed by atoms with E-state index in [0.29, 0.717) is 18.6 Å². The number of thioether (sulfide) groups is 1. The molecule has 0 spiro atoms. The van der Waals surface area contributed by atoms with Crippen LogP contribution >= 0.6 is 11.8 Å². The minimum absolute atomic E-state index is 0.321. The minimum Gasteiger partial charge on any atom is -0.396 e. The lowest BCUT2D eigenvalue weighted by Gasteiger charge is -2.13. The maximum atomic E-state index is 8.83. The highest BCUT2D eigenvalue weighted by Gasteiger charge is 2.03. The van der Waals surface area contributed by atoms with E-state index in [2.05, 4.69) is 19.2 Å². The van der Waals surface area contributed by atoms with Crippen molar-refractivity contribution in [3.8, 4) is 0 Å². The minimum atomic E-state index is 0.321. The first-order valence-electron chi connectivity index (χ1n) is 5.60. The molecule has 2 atom stereocenters. The molecule has 0 amide bonds. The molecule has 0 saturated heterocycles. The first kappa shape index (κ1) is 14.3. The van der Waals surface area contributed by atoms with Crippen molar-refractivity contribution >= 4 is 11.8 Å². The van der Waals surface area contributed by atoms with Crippen molar-refractivity contribution < 1.29 is 5.11 Å². The van der Waals surface area contributed by atoms with Crippen LogP contribution in [0.4, 0.5) is 0 Å². The third-order valence-corrected chi connectivity index (χ3v) is 3.84. The van der Waals surface area contributed by atoms with E-state index in [4.69, 9.17) is 5.11 Å². The van der Waals surface area contributed by atoms with Gasteiger partial charge in [0.1, 0.15) is 0 Å². The first-order valence-corrected chi connectivity index (χ1v) is 6.75. The fraction of sp³-hybridized carbons (Fsp3) is 1.00. The third-order valence-electron chi connectivity index (χ3n) is 2.46. The molecule has 0 fully saturated rings. The predicted octanol–water partition coefficient (Wildman–Crippen LogP) is 2.13. The van der Waals surface area contributed by atoms with Crippen LogP contribution in [0.1, 0.15) is 33.1 Å². The van der Waals surface area contributed by atoms with Gasteiger partial charge in [0.25, 0.3) is 0 Å². The van der Waals surface area contributed by atoms with Gasteiger partial charge in [-0.25, -0.2) is 0 Å². The predicted molar refractivity (Wildman–Crippen MR) is 65.9 cm³/mol. The summed E-state index contributed by atoms with van der Waals surface area (Å²) in [4.78, 5) is 0. The molecular weight excluding hydrogens is 194 g/mol. The summed E-state index contributed by atoms with van der Waals surface area (Å²) in [7, 11) is 2.04. The summed E-state index contributed by atoms with van der Waals surface area (Å²) in [5, 5.41) is 12.1. The van der Waals surface area contributed by atoms with Gasteiger partial charge < -0.3 is 10.4 Å². The maximum Gasteiger partial charge on any atom is 0.0464 e. The lowest BCUT2D eigenvalue weighted by Crippen LogP contribution is -2.24. The summed E-state index contributed by atoms with van der Waals surface area (Å²) < 4.78 is 0. The summed E-state index contributed by atoms with van der Waals surface area (Å²) in [6.07, 6.45) is 3.77. The molecule has 0 bridgehead atoms. The van der Waals surface area contributed by atoms with Crippen LogP contribution in [-0.2, 0) is 0 Å². The maximum absolute atomic E-state index is 8.83. The topological polar surface area (TPSA) is 32.3 Å². The Bertz CT molecular complexity index is 118. The number of rotatable bonds is 9. The molecule has 0 aliphatic rings. The van der Waals surface area contributed by atoms with Crippen molar-refractivity contribution in [1.29, 1.82) is 0 Å². The van der Waals surface area contributed by atoms with Crippen molar-refractivity contribution in [2.75, 3.05) is 25.2 Å². The summed E-state index contributed by atoms with van der Waals surface area (Å²) in [6.45, 7) is 4.64. The van der Waals surface area contributed by atoms with E-state index in [-0.39, 0.29) is 0 Å². The van der Waals surface area contributed by atoms with Crippen LogP contribution in [0.3, 0.4) is 0 Å². The standard InChI is InChI=1S/C11H25NOS/c1-4-11(12-3)6-5-7-14-9-10(2)8-13/h10-13H,4-9H2,1-3H3. The second-order valence-electron chi connectivity index (χ2n) is 3.90. The van der Waals surface area contributed by atoms with E-state index in [1.165, 1.54) is 25.0 Å². The lowest BCUT2D eigenvalue weighted by atomic mass is 10.1. The monoisotopic (exact) mass is 219 g/mol. The zero-order chi connectivity index (χ0) is 10.8. The molecule has 0 aromatic rings. The van der Waals surface area contributed by atoms with Crippen LogP contribution in [-0.4, -0.2) is 36.3 Å². The van der Waals surface area contributed by atoms with Crippen LogP contribution in [0, 0.1) is 5.92 Å². The fourth-order valence-electron chi connectivity index (χ4n) is 1.32. The second-order valence-corrected chi connectivity index (χ2v) is 5.05. The van der Waals surface area contributed by atoms with E-state index >= 15 is 0 Å². The molecule has 2 nitrogen and oxygen atoms in total. The average Bonchev–Trinajstić information content (AvgIpc) is 2.23. The number of nitrogens with one attached hydrogen (secondary N) is 1. The van der Waals surface area contributed by atoms with Gasteiger partial charge in [-0.3, -0.25) is 0 Å². The molecule has 0 aliphatic carbocycles. The highest BCUT2D eigenvalue weighted by atomic mass is 32.2. The Morgan fingerprint density at radius 1 is 1.43 bits per heavy atom. The molecule has 0 aromatic heterocycles. The molecule has 86 valence electrons. The molecule has 0 saturated carbocycles. The molecule has 14 heavy (non-hydrogen) atoms. The number of hydrogen-bond donors (Lipinski definition) is 2. The molecule has 3 heteroatoms. The molecule has 2 unspecified atom stereocenters. The smallest absolute Gasteiger partial charge is 0.0464 e. The largest absolute Gasteiger partial charge is 0.396 e. The average molecular weight is 219 g/mol. The third kappa shape index (κ3) is 7.65. The van der Waals surface area contributed by atoms with Crippen molar-refractivity contribution in [1.82, 2.24) is 5.32 Å². The quantitative estimate of drug-likeness (QED) is 0.583. The second kappa shape index (κ2) is 9.81. The Morgan fingerprint density at radius 2 is 2.14 bits per heavy atom. The van der Waals surface area contributed by atoms with Gasteiger partial charge in [0, 0.05) is 12.6 Å². The first-order chi connectivity index (χ1) is 6.74. The van der Waals surface area contributed by atoms with Crippen LogP contribution in [0.25, 0.3) is 0 Å². The normalized spacial score (nSPS) is 15.4. The van der Waals surface area contributed by atoms with Gasteiger partial charge in [-0.2, -0.15) is 11.8 Å². The molecule has 0 aromatic carbocycles. The zero-order valence-corrected chi connectivity index (χ0v) is 10.6. The Morgan fingerprint density at radius 3 is 2.64 bits per heavy atom. The Labute approximate surface area is 92.9 Å². The van der Waals surface area contributed by atoms with Gasteiger partial charge in [0.15, 0.2) is 0 Å². The van der Waals surface area contributed by atoms with E-state index in [1.54, 1.807) is 0 Å². The highest BCUT2D eigenvalue weighted by Crippen LogP contribution is 2.11. The Kier molecular flexibility index (Phi) is 10.0. The van der Waals surface area contributed by atoms with Crippen molar-refractivity contribution in [2.45, 2.75) is 39.2 Å². The van der Waals surface area contributed by atoms with Crippen LogP contribution in [0.5, 0.6) is 0 Å². The van der Waals surface area contributed by atoms with Crippen LogP contribution in [0.2, 0.25) is 0 Å². The van der Waals surface area contributed by atoms with E-state index < -0.39 is 0 Å². The lowest BCUT2D eigenvalue weighted by molar-refractivity contribution is 0.250. The molecule has 0 radical (unpaired) electrons. The van der Waals surface area contributed by atoms with Gasteiger partial charge in [-0.15, -0.1) is 0 Å². The van der Waals surface area contributed by atoms with E-state index in [9.17, 15) is 0 Å². The van der Waals surface area contributed by atoms with Crippen molar-refractivity contribution in [3.05, 3.63) is 0 Å². The Hall–Kier alpha value is 0.270. The van der Waals surface area contributed by atoms with Gasteiger partial charge in [0.2, 0.25) is 0 Å². The highest BCUT2D eigenvalue weighted by molar-refractivity contribution is 7.99. The van der Waals surface area contributed by atoms with E-state index in [0.717, 1.165) is 5.75 Å². The van der Waals surface area contributed by atoms with Crippen LogP contribution in [0.15, 0.2) is 0 Å². The van der Waals surface area contributed by atoms with Gasteiger partial charge >= 0.3 is 0 Å². The summed E-state index contributed by atoms with van der Waals surface area (Å²) in [5.74, 6) is 2.77. The molecule has 0 heterocycles. The van der Waals surface area contributed by atoms with Crippen molar-refractivity contribution in [3.63, 3.8) is 0 Å². The van der Waals surface area contributed by atoms with E-state index in [1.807, 2.05) is 18.8 Å². The summed E-state index contributed by atoms with van der Waals surface area (Å²) in [5.41, 5.74) is 0. The summed E-state index contributed by atoms with van der Waals surface area (Å²) >= 11 is 1.96. The molecule has 2 N–H and O–H groups in total. The fourth-order valence-corrected chi connectivity index (χ4v) is 2.37. The molecular formula is C11H25NOS. The zero-order valence-electron chi connectivity index (χ0n) is 9.75. The number of aliphatic hydroxyl groups is 1. The number of hydrogen-bond acceptors (Lipinski definition) is 3. The molecule has 0 rings (SSSR count).